The minimum atomic E-state index is 0.161. The fourth-order valence-corrected chi connectivity index (χ4v) is 1.85. The summed E-state index contributed by atoms with van der Waals surface area (Å²) in [5, 5.41) is 2.94. The standard InChI is InChI=1S/C12H13NO2/c14-12(8-1-2-8)13-10-3-4-11-9(7-10)5-6-15-11/h3-4,7-8H,1-2,5-6H2,(H,13,14). The molecular formula is C12H13NO2. The van der Waals surface area contributed by atoms with Crippen LogP contribution in [0.5, 0.6) is 5.75 Å². The third-order valence-electron chi connectivity index (χ3n) is 2.91. The van der Waals surface area contributed by atoms with E-state index in [1.807, 2.05) is 18.2 Å². The first-order chi connectivity index (χ1) is 7.33. The molecule has 0 radical (unpaired) electrons. The van der Waals surface area contributed by atoms with Crippen molar-refractivity contribution < 1.29 is 9.53 Å². The summed E-state index contributed by atoms with van der Waals surface area (Å²) >= 11 is 0. The molecule has 1 saturated carbocycles. The molecule has 3 nitrogen and oxygen atoms in total. The molecular weight excluding hydrogens is 190 g/mol. The highest BCUT2D eigenvalue weighted by atomic mass is 16.5. The number of anilines is 1. The molecule has 15 heavy (non-hydrogen) atoms. The summed E-state index contributed by atoms with van der Waals surface area (Å²) in [5.41, 5.74) is 2.10. The Morgan fingerprint density at radius 3 is 3.07 bits per heavy atom. The highest BCUT2D eigenvalue weighted by molar-refractivity contribution is 5.94. The van der Waals surface area contributed by atoms with Crippen molar-refractivity contribution in [2.75, 3.05) is 11.9 Å². The van der Waals surface area contributed by atoms with E-state index in [0.29, 0.717) is 0 Å². The average molecular weight is 203 g/mol. The van der Waals surface area contributed by atoms with E-state index in [-0.39, 0.29) is 11.8 Å². The van der Waals surface area contributed by atoms with Gasteiger partial charge in [-0.2, -0.15) is 0 Å². The molecule has 0 aromatic heterocycles. The molecule has 0 unspecified atom stereocenters. The summed E-state index contributed by atoms with van der Waals surface area (Å²) in [7, 11) is 0. The van der Waals surface area contributed by atoms with Gasteiger partial charge >= 0.3 is 0 Å². The lowest BCUT2D eigenvalue weighted by atomic mass is 10.1. The van der Waals surface area contributed by atoms with Crippen molar-refractivity contribution in [1.29, 1.82) is 0 Å². The lowest BCUT2D eigenvalue weighted by molar-refractivity contribution is -0.117. The highest BCUT2D eigenvalue weighted by Crippen LogP contribution is 2.32. The van der Waals surface area contributed by atoms with Gasteiger partial charge in [-0.15, -0.1) is 0 Å². The van der Waals surface area contributed by atoms with Crippen LogP contribution in [-0.2, 0) is 11.2 Å². The maximum atomic E-state index is 11.5. The number of carbonyl (C=O) groups is 1. The first-order valence-corrected chi connectivity index (χ1v) is 5.39. The van der Waals surface area contributed by atoms with Gasteiger partial charge in [0.05, 0.1) is 6.61 Å². The number of amides is 1. The van der Waals surface area contributed by atoms with E-state index in [9.17, 15) is 4.79 Å². The summed E-state index contributed by atoms with van der Waals surface area (Å²) < 4.78 is 5.41. The van der Waals surface area contributed by atoms with Gasteiger partial charge in [0.15, 0.2) is 0 Å². The van der Waals surface area contributed by atoms with E-state index in [1.165, 1.54) is 5.56 Å². The number of benzene rings is 1. The smallest absolute Gasteiger partial charge is 0.227 e. The van der Waals surface area contributed by atoms with Crippen LogP contribution in [0.4, 0.5) is 5.69 Å². The molecule has 0 atom stereocenters. The van der Waals surface area contributed by atoms with Crippen LogP contribution >= 0.6 is 0 Å². The molecule has 0 spiro atoms. The summed E-state index contributed by atoms with van der Waals surface area (Å²) in [6.07, 6.45) is 3.03. The number of hydrogen-bond donors (Lipinski definition) is 1. The zero-order valence-corrected chi connectivity index (χ0v) is 8.45. The van der Waals surface area contributed by atoms with Gasteiger partial charge in [0.1, 0.15) is 5.75 Å². The minimum absolute atomic E-state index is 0.161. The molecule has 1 fully saturated rings. The predicted octanol–water partition coefficient (Wildman–Crippen LogP) is 1.97. The van der Waals surface area contributed by atoms with Crippen molar-refractivity contribution in [3.63, 3.8) is 0 Å². The first kappa shape index (κ1) is 8.77. The molecule has 0 saturated heterocycles. The van der Waals surface area contributed by atoms with E-state index < -0.39 is 0 Å². The number of nitrogens with one attached hydrogen (secondary N) is 1. The van der Waals surface area contributed by atoms with Crippen LogP contribution in [-0.4, -0.2) is 12.5 Å². The maximum Gasteiger partial charge on any atom is 0.227 e. The number of carbonyl (C=O) groups excluding carboxylic acids is 1. The van der Waals surface area contributed by atoms with Gasteiger partial charge in [-0.25, -0.2) is 0 Å². The largest absolute Gasteiger partial charge is 0.493 e. The fraction of sp³-hybridized carbons (Fsp3) is 0.417. The summed E-state index contributed by atoms with van der Waals surface area (Å²) in [6, 6.07) is 5.86. The van der Waals surface area contributed by atoms with Crippen LogP contribution < -0.4 is 10.1 Å². The predicted molar refractivity (Wildman–Crippen MR) is 57.0 cm³/mol. The molecule has 2 aliphatic rings. The van der Waals surface area contributed by atoms with Crippen molar-refractivity contribution in [2.24, 2.45) is 5.92 Å². The lowest BCUT2D eigenvalue weighted by Crippen LogP contribution is -2.13. The number of rotatable bonds is 2. The van der Waals surface area contributed by atoms with Gasteiger partial charge in [0, 0.05) is 18.0 Å². The van der Waals surface area contributed by atoms with Gasteiger partial charge in [0.25, 0.3) is 0 Å². The molecule has 78 valence electrons. The van der Waals surface area contributed by atoms with Gasteiger partial charge < -0.3 is 10.1 Å². The van der Waals surface area contributed by atoms with E-state index in [4.69, 9.17) is 4.74 Å². The second kappa shape index (κ2) is 3.26. The number of fused-ring (bicyclic) bond motifs is 1. The van der Waals surface area contributed by atoms with Crippen molar-refractivity contribution in [3.8, 4) is 5.75 Å². The zero-order valence-electron chi connectivity index (χ0n) is 8.45. The summed E-state index contributed by atoms with van der Waals surface area (Å²) in [5.74, 6) is 1.38. The van der Waals surface area contributed by atoms with Gasteiger partial charge in [-0.1, -0.05) is 0 Å². The lowest BCUT2D eigenvalue weighted by Gasteiger charge is -2.05. The Balaban J connectivity index is 1.77. The molecule has 1 aliphatic heterocycles. The van der Waals surface area contributed by atoms with Crippen LogP contribution in [0.25, 0.3) is 0 Å². The Morgan fingerprint density at radius 2 is 2.27 bits per heavy atom. The molecule has 1 N–H and O–H groups in total. The maximum absolute atomic E-state index is 11.5. The third kappa shape index (κ3) is 1.69. The molecule has 1 aliphatic carbocycles. The van der Waals surface area contributed by atoms with Gasteiger partial charge in [-0.3, -0.25) is 4.79 Å². The molecule has 1 heterocycles. The summed E-state index contributed by atoms with van der Waals surface area (Å²) in [6.45, 7) is 0.759. The van der Waals surface area contributed by atoms with Crippen LogP contribution in [0.15, 0.2) is 18.2 Å². The molecule has 1 aromatic carbocycles. The quantitative estimate of drug-likeness (QED) is 0.798. The van der Waals surface area contributed by atoms with Crippen LogP contribution in [0.2, 0.25) is 0 Å². The Kier molecular flexibility index (Phi) is 1.91. The Labute approximate surface area is 88.4 Å². The molecule has 3 rings (SSSR count). The Hall–Kier alpha value is -1.51. The van der Waals surface area contributed by atoms with Gasteiger partial charge in [-0.05, 0) is 36.6 Å². The van der Waals surface area contributed by atoms with Crippen LogP contribution in [0.1, 0.15) is 18.4 Å². The highest BCUT2D eigenvalue weighted by Gasteiger charge is 2.29. The van der Waals surface area contributed by atoms with Crippen molar-refractivity contribution in [1.82, 2.24) is 0 Å². The van der Waals surface area contributed by atoms with Crippen molar-refractivity contribution >= 4 is 11.6 Å². The van der Waals surface area contributed by atoms with E-state index in [1.54, 1.807) is 0 Å². The van der Waals surface area contributed by atoms with E-state index >= 15 is 0 Å². The third-order valence-corrected chi connectivity index (χ3v) is 2.91. The fourth-order valence-electron chi connectivity index (χ4n) is 1.85. The van der Waals surface area contributed by atoms with Gasteiger partial charge in [0.2, 0.25) is 5.91 Å². The van der Waals surface area contributed by atoms with Crippen LogP contribution in [0, 0.1) is 5.92 Å². The Morgan fingerprint density at radius 1 is 1.40 bits per heavy atom. The Bertz CT molecular complexity index is 410. The molecule has 3 heteroatoms. The number of hydrogen-bond acceptors (Lipinski definition) is 2. The van der Waals surface area contributed by atoms with E-state index in [0.717, 1.165) is 37.3 Å². The monoisotopic (exact) mass is 203 g/mol. The van der Waals surface area contributed by atoms with E-state index in [2.05, 4.69) is 5.32 Å². The first-order valence-electron chi connectivity index (χ1n) is 5.39. The molecule has 1 aromatic rings. The minimum Gasteiger partial charge on any atom is -0.493 e. The molecule has 0 bridgehead atoms. The average Bonchev–Trinajstić information content (AvgIpc) is 2.98. The zero-order chi connectivity index (χ0) is 10.3. The molecule has 1 amide bonds. The SMILES string of the molecule is O=C(Nc1ccc2c(c1)CCO2)C1CC1. The second-order valence-electron chi connectivity index (χ2n) is 4.18. The number of ether oxygens (including phenoxy) is 1. The topological polar surface area (TPSA) is 38.3 Å². The summed E-state index contributed by atoms with van der Waals surface area (Å²) in [4.78, 5) is 11.5. The normalized spacial score (nSPS) is 18.1. The van der Waals surface area contributed by atoms with Crippen molar-refractivity contribution in [2.45, 2.75) is 19.3 Å². The second-order valence-corrected chi connectivity index (χ2v) is 4.18. The van der Waals surface area contributed by atoms with Crippen molar-refractivity contribution in [3.05, 3.63) is 23.8 Å². The van der Waals surface area contributed by atoms with Crippen LogP contribution in [0.3, 0.4) is 0 Å².